The first kappa shape index (κ1) is 13.4. The van der Waals surface area contributed by atoms with Crippen LogP contribution in [0.1, 0.15) is 25.0 Å². The number of para-hydroxylation sites is 1. The van der Waals surface area contributed by atoms with Crippen molar-refractivity contribution in [2.24, 2.45) is 0 Å². The lowest BCUT2D eigenvalue weighted by molar-refractivity contribution is -0.119. The number of hydrogen-bond donors (Lipinski definition) is 1. The number of nitrogens with one attached hydrogen (secondary N) is 1. The highest BCUT2D eigenvalue weighted by atomic mass is 16.2. The Morgan fingerprint density at radius 3 is 2.50 bits per heavy atom. The highest BCUT2D eigenvalue weighted by Gasteiger charge is 2.60. The molecule has 1 N–H and O–H groups in total. The Labute approximate surface area is 131 Å². The molecule has 0 saturated carbocycles. The molecule has 112 valence electrons. The minimum Gasteiger partial charge on any atom is -0.338 e. The van der Waals surface area contributed by atoms with E-state index in [0.717, 1.165) is 6.42 Å². The summed E-state index contributed by atoms with van der Waals surface area (Å²) in [6, 6.07) is 18.9. The van der Waals surface area contributed by atoms with E-state index in [0.29, 0.717) is 6.54 Å². The molecule has 2 heterocycles. The van der Waals surface area contributed by atoms with Crippen LogP contribution < -0.4 is 10.2 Å². The van der Waals surface area contributed by atoms with E-state index in [9.17, 15) is 4.79 Å². The molecule has 4 rings (SSSR count). The molecule has 2 aliphatic rings. The predicted octanol–water partition coefficient (Wildman–Crippen LogP) is 2.85. The summed E-state index contributed by atoms with van der Waals surface area (Å²) < 4.78 is 0. The molecular formula is C19H20N2O. The molecule has 0 bridgehead atoms. The molecule has 2 aromatic rings. The molecule has 3 heteroatoms. The fourth-order valence-electron chi connectivity index (χ4n) is 4.11. The molecule has 3 nitrogen and oxygen atoms in total. The SMILES string of the molecule is CC1(C)c2ccccc2N2CC(=O)N[C@@]21Cc1ccccc1. The smallest absolute Gasteiger partial charge is 0.241 e. The highest BCUT2D eigenvalue weighted by Crippen LogP contribution is 2.53. The molecular weight excluding hydrogens is 272 g/mol. The van der Waals surface area contributed by atoms with Crippen LogP contribution in [0.2, 0.25) is 0 Å². The maximum absolute atomic E-state index is 12.2. The van der Waals surface area contributed by atoms with E-state index in [2.05, 4.69) is 72.6 Å². The predicted molar refractivity (Wildman–Crippen MR) is 87.8 cm³/mol. The summed E-state index contributed by atoms with van der Waals surface area (Å²) >= 11 is 0. The highest BCUT2D eigenvalue weighted by molar-refractivity contribution is 5.90. The van der Waals surface area contributed by atoms with Gasteiger partial charge in [0.15, 0.2) is 0 Å². The van der Waals surface area contributed by atoms with Crippen LogP contribution >= 0.6 is 0 Å². The Kier molecular flexibility index (Phi) is 2.65. The molecule has 0 aromatic heterocycles. The van der Waals surface area contributed by atoms with Crippen molar-refractivity contribution >= 4 is 11.6 Å². The number of amides is 1. The van der Waals surface area contributed by atoms with Crippen LogP contribution in [0, 0.1) is 0 Å². The zero-order chi connectivity index (χ0) is 15.4. The molecule has 0 unspecified atom stereocenters. The van der Waals surface area contributed by atoms with Crippen molar-refractivity contribution in [2.75, 3.05) is 11.4 Å². The van der Waals surface area contributed by atoms with Gasteiger partial charge < -0.3 is 10.2 Å². The Morgan fingerprint density at radius 2 is 1.73 bits per heavy atom. The number of fused-ring (bicyclic) bond motifs is 3. The van der Waals surface area contributed by atoms with Crippen molar-refractivity contribution in [3.8, 4) is 0 Å². The van der Waals surface area contributed by atoms with Crippen molar-refractivity contribution in [1.29, 1.82) is 0 Å². The second kappa shape index (κ2) is 4.35. The maximum atomic E-state index is 12.2. The minimum absolute atomic E-state index is 0.110. The van der Waals surface area contributed by atoms with Crippen molar-refractivity contribution < 1.29 is 4.79 Å². The van der Waals surface area contributed by atoms with Crippen molar-refractivity contribution in [3.05, 3.63) is 65.7 Å². The molecule has 2 aromatic carbocycles. The van der Waals surface area contributed by atoms with Gasteiger partial charge in [0.1, 0.15) is 5.66 Å². The van der Waals surface area contributed by atoms with Crippen LogP contribution in [0.4, 0.5) is 5.69 Å². The van der Waals surface area contributed by atoms with Crippen LogP contribution in [0.25, 0.3) is 0 Å². The van der Waals surface area contributed by atoms with Crippen LogP contribution in [0.3, 0.4) is 0 Å². The summed E-state index contributed by atoms with van der Waals surface area (Å²) in [5.41, 5.74) is 3.21. The van der Waals surface area contributed by atoms with Crippen LogP contribution in [-0.2, 0) is 16.6 Å². The quantitative estimate of drug-likeness (QED) is 0.923. The molecule has 1 atom stereocenters. The number of anilines is 1. The normalized spacial score (nSPS) is 24.8. The lowest BCUT2D eigenvalue weighted by atomic mass is 9.73. The first-order chi connectivity index (χ1) is 10.5. The zero-order valence-corrected chi connectivity index (χ0v) is 13.0. The Morgan fingerprint density at radius 1 is 1.05 bits per heavy atom. The second-order valence-corrected chi connectivity index (χ2v) is 6.80. The lowest BCUT2D eigenvalue weighted by Crippen LogP contribution is -2.61. The molecule has 1 saturated heterocycles. The summed E-state index contributed by atoms with van der Waals surface area (Å²) in [4.78, 5) is 14.5. The van der Waals surface area contributed by atoms with Gasteiger partial charge in [0, 0.05) is 17.5 Å². The molecule has 0 spiro atoms. The average Bonchev–Trinajstić information content (AvgIpc) is 2.93. The first-order valence-electron chi connectivity index (χ1n) is 7.77. The molecule has 0 aliphatic carbocycles. The lowest BCUT2D eigenvalue weighted by Gasteiger charge is -2.43. The van der Waals surface area contributed by atoms with Crippen LogP contribution in [0.15, 0.2) is 54.6 Å². The number of carbonyl (C=O) groups excluding carboxylic acids is 1. The molecule has 2 aliphatic heterocycles. The topological polar surface area (TPSA) is 32.3 Å². The van der Waals surface area contributed by atoms with Crippen molar-refractivity contribution in [2.45, 2.75) is 31.3 Å². The maximum Gasteiger partial charge on any atom is 0.241 e. The van der Waals surface area contributed by atoms with E-state index < -0.39 is 0 Å². The third kappa shape index (κ3) is 1.59. The van der Waals surface area contributed by atoms with E-state index in [-0.39, 0.29) is 17.0 Å². The zero-order valence-electron chi connectivity index (χ0n) is 13.0. The van der Waals surface area contributed by atoms with Crippen molar-refractivity contribution in [1.82, 2.24) is 5.32 Å². The number of carbonyl (C=O) groups is 1. The minimum atomic E-state index is -0.380. The summed E-state index contributed by atoms with van der Waals surface area (Å²) in [7, 11) is 0. The largest absolute Gasteiger partial charge is 0.338 e. The van der Waals surface area contributed by atoms with Crippen LogP contribution in [-0.4, -0.2) is 18.1 Å². The fraction of sp³-hybridized carbons (Fsp3) is 0.316. The molecule has 1 amide bonds. The standard InChI is InChI=1S/C19H20N2O/c1-18(2)15-10-6-7-11-16(15)21-13-17(22)20-19(18,21)12-14-8-4-3-5-9-14/h3-11H,12-13H2,1-2H3,(H,20,22)/t19-/m0/s1. The number of rotatable bonds is 2. The van der Waals surface area contributed by atoms with Crippen LogP contribution in [0.5, 0.6) is 0 Å². The third-order valence-corrected chi connectivity index (χ3v) is 5.31. The van der Waals surface area contributed by atoms with Crippen molar-refractivity contribution in [3.63, 3.8) is 0 Å². The van der Waals surface area contributed by atoms with E-state index in [1.165, 1.54) is 16.8 Å². The first-order valence-corrected chi connectivity index (χ1v) is 7.77. The van der Waals surface area contributed by atoms with E-state index in [1.54, 1.807) is 0 Å². The third-order valence-electron chi connectivity index (χ3n) is 5.31. The summed E-state index contributed by atoms with van der Waals surface area (Å²) in [6.45, 7) is 4.91. The fourth-order valence-corrected chi connectivity index (χ4v) is 4.11. The Bertz CT molecular complexity index is 738. The summed E-state index contributed by atoms with van der Waals surface area (Å²) in [5.74, 6) is 0.110. The van der Waals surface area contributed by atoms with Gasteiger partial charge >= 0.3 is 0 Å². The number of hydrogen-bond acceptors (Lipinski definition) is 2. The van der Waals surface area contributed by atoms with Gasteiger partial charge in [-0.1, -0.05) is 62.4 Å². The van der Waals surface area contributed by atoms with E-state index >= 15 is 0 Å². The summed E-state index contributed by atoms with van der Waals surface area (Å²) in [6.07, 6.45) is 0.807. The summed E-state index contributed by atoms with van der Waals surface area (Å²) in [5, 5.41) is 3.30. The molecule has 0 radical (unpaired) electrons. The van der Waals surface area contributed by atoms with Gasteiger partial charge in [-0.15, -0.1) is 0 Å². The van der Waals surface area contributed by atoms with Gasteiger partial charge in [-0.25, -0.2) is 0 Å². The number of benzene rings is 2. The molecule has 22 heavy (non-hydrogen) atoms. The van der Waals surface area contributed by atoms with E-state index in [1.807, 2.05) is 6.07 Å². The van der Waals surface area contributed by atoms with Gasteiger partial charge in [0.25, 0.3) is 0 Å². The Balaban J connectivity index is 1.87. The second-order valence-electron chi connectivity index (χ2n) is 6.80. The van der Waals surface area contributed by atoms with Gasteiger partial charge in [-0.3, -0.25) is 4.79 Å². The Hall–Kier alpha value is -2.29. The van der Waals surface area contributed by atoms with E-state index in [4.69, 9.17) is 0 Å². The molecule has 1 fully saturated rings. The monoisotopic (exact) mass is 292 g/mol. The van der Waals surface area contributed by atoms with Gasteiger partial charge in [-0.2, -0.15) is 0 Å². The average molecular weight is 292 g/mol. The van der Waals surface area contributed by atoms with Gasteiger partial charge in [0.2, 0.25) is 5.91 Å². The number of nitrogens with zero attached hydrogens (tertiary/aromatic N) is 1. The van der Waals surface area contributed by atoms with Gasteiger partial charge in [-0.05, 0) is 17.2 Å². The van der Waals surface area contributed by atoms with Gasteiger partial charge in [0.05, 0.1) is 6.54 Å².